The van der Waals surface area contributed by atoms with Gasteiger partial charge in [-0.3, -0.25) is 4.57 Å². The summed E-state index contributed by atoms with van der Waals surface area (Å²) in [5.74, 6) is 0.888. The number of ether oxygens (including phenoxy) is 1. The lowest BCUT2D eigenvalue weighted by atomic mass is 10.0. The Morgan fingerprint density at radius 1 is 1.23 bits per heavy atom. The van der Waals surface area contributed by atoms with Gasteiger partial charge in [0.05, 0.1) is 17.8 Å². The highest BCUT2D eigenvalue weighted by Crippen LogP contribution is 2.33. The first kappa shape index (κ1) is 13.1. The minimum Gasteiger partial charge on any atom is -0.493 e. The quantitative estimate of drug-likeness (QED) is 0.729. The van der Waals surface area contributed by atoms with Gasteiger partial charge in [-0.15, -0.1) is 0 Å². The van der Waals surface area contributed by atoms with Crippen LogP contribution in [0.25, 0.3) is 22.2 Å². The van der Waals surface area contributed by atoms with Crippen LogP contribution in [0.4, 0.5) is 0 Å². The molecule has 0 radical (unpaired) electrons. The van der Waals surface area contributed by atoms with Crippen molar-refractivity contribution in [1.29, 1.82) is 0 Å². The summed E-state index contributed by atoms with van der Waals surface area (Å²) in [4.78, 5) is 16.7. The van der Waals surface area contributed by atoms with Gasteiger partial charge in [-0.05, 0) is 18.6 Å². The first-order valence-corrected chi connectivity index (χ1v) is 7.53. The Labute approximate surface area is 128 Å². The van der Waals surface area contributed by atoms with Gasteiger partial charge in [0.2, 0.25) is 0 Å². The molecule has 110 valence electrons. The van der Waals surface area contributed by atoms with Crippen LogP contribution >= 0.6 is 0 Å². The third-order valence-electron chi connectivity index (χ3n) is 4.16. The number of nitrogens with zero attached hydrogens (tertiary/aromatic N) is 2. The van der Waals surface area contributed by atoms with Crippen LogP contribution < -0.4 is 10.4 Å². The van der Waals surface area contributed by atoms with Gasteiger partial charge in [0.1, 0.15) is 5.75 Å². The fourth-order valence-electron chi connectivity index (χ4n) is 3.07. The van der Waals surface area contributed by atoms with Crippen LogP contribution in [0.1, 0.15) is 12.5 Å². The maximum atomic E-state index is 12.4. The first-order valence-electron chi connectivity index (χ1n) is 7.53. The number of aromatic nitrogens is 2. The molecule has 4 heteroatoms. The zero-order valence-electron chi connectivity index (χ0n) is 12.4. The summed E-state index contributed by atoms with van der Waals surface area (Å²) in [6.07, 6.45) is 0.907. The summed E-state index contributed by atoms with van der Waals surface area (Å²) in [7, 11) is 0. The highest BCUT2D eigenvalue weighted by atomic mass is 16.5. The fraction of sp³-hybridized carbons (Fsp3) is 0.222. The van der Waals surface area contributed by atoms with Crippen molar-refractivity contribution in [3.63, 3.8) is 0 Å². The molecule has 3 aromatic rings. The predicted molar refractivity (Wildman–Crippen MR) is 86.3 cm³/mol. The molecule has 0 saturated heterocycles. The molecule has 4 rings (SSSR count). The monoisotopic (exact) mass is 292 g/mol. The van der Waals surface area contributed by atoms with Gasteiger partial charge in [0.25, 0.3) is 0 Å². The molecule has 2 heterocycles. The van der Waals surface area contributed by atoms with E-state index >= 15 is 0 Å². The molecular formula is C18H16N2O2. The Hall–Kier alpha value is -2.62. The highest BCUT2D eigenvalue weighted by molar-refractivity contribution is 5.94. The largest absolute Gasteiger partial charge is 0.493 e. The van der Waals surface area contributed by atoms with E-state index in [1.54, 1.807) is 4.57 Å². The number of benzene rings is 2. The van der Waals surface area contributed by atoms with Crippen LogP contribution in [0.5, 0.6) is 5.75 Å². The number of aryl methyl sites for hydroxylation is 1. The molecular weight excluding hydrogens is 276 g/mol. The summed E-state index contributed by atoms with van der Waals surface area (Å²) in [6.45, 7) is 3.26. The molecule has 1 aromatic heterocycles. The minimum atomic E-state index is -0.216. The number of hydrogen-bond donors (Lipinski definition) is 0. The molecule has 0 saturated carbocycles. The lowest BCUT2D eigenvalue weighted by Crippen LogP contribution is -2.23. The van der Waals surface area contributed by atoms with Crippen molar-refractivity contribution in [2.24, 2.45) is 0 Å². The first-order chi connectivity index (χ1) is 10.8. The molecule has 0 amide bonds. The van der Waals surface area contributed by atoms with Gasteiger partial charge in [-0.2, -0.15) is 4.98 Å². The Kier molecular flexibility index (Phi) is 2.96. The number of hydrogen-bond acceptors (Lipinski definition) is 3. The van der Waals surface area contributed by atoms with Crippen molar-refractivity contribution in [3.8, 4) is 17.0 Å². The normalized spacial score (nSPS) is 13.1. The molecule has 22 heavy (non-hydrogen) atoms. The summed E-state index contributed by atoms with van der Waals surface area (Å²) >= 11 is 0. The van der Waals surface area contributed by atoms with Crippen LogP contribution in [0.3, 0.4) is 0 Å². The predicted octanol–water partition coefficient (Wildman–Crippen LogP) is 3.02. The van der Waals surface area contributed by atoms with Crippen LogP contribution in [0, 0.1) is 0 Å². The van der Waals surface area contributed by atoms with Crippen LogP contribution in [0.2, 0.25) is 0 Å². The van der Waals surface area contributed by atoms with E-state index < -0.39 is 0 Å². The molecule has 0 spiro atoms. The SMILES string of the molecule is CCn1c(=O)nc(-c2ccccc2)c2cc3c(cc21)OCC3. The van der Waals surface area contributed by atoms with E-state index in [1.807, 2.05) is 43.3 Å². The van der Waals surface area contributed by atoms with Crippen molar-refractivity contribution in [2.75, 3.05) is 6.61 Å². The van der Waals surface area contributed by atoms with E-state index in [4.69, 9.17) is 4.74 Å². The second-order valence-electron chi connectivity index (χ2n) is 5.43. The maximum Gasteiger partial charge on any atom is 0.348 e. The summed E-state index contributed by atoms with van der Waals surface area (Å²) in [6, 6.07) is 14.0. The second kappa shape index (κ2) is 4.98. The number of rotatable bonds is 2. The molecule has 1 aliphatic rings. The van der Waals surface area contributed by atoms with Gasteiger partial charge in [-0.1, -0.05) is 30.3 Å². The van der Waals surface area contributed by atoms with Gasteiger partial charge in [0, 0.05) is 30.0 Å². The van der Waals surface area contributed by atoms with Crippen molar-refractivity contribution >= 4 is 10.9 Å². The third kappa shape index (κ3) is 1.91. The zero-order valence-corrected chi connectivity index (χ0v) is 12.4. The smallest absolute Gasteiger partial charge is 0.348 e. The number of fused-ring (bicyclic) bond motifs is 2. The third-order valence-corrected chi connectivity index (χ3v) is 4.16. The van der Waals surface area contributed by atoms with E-state index in [9.17, 15) is 4.79 Å². The topological polar surface area (TPSA) is 44.1 Å². The van der Waals surface area contributed by atoms with Gasteiger partial charge in [-0.25, -0.2) is 4.79 Å². The molecule has 4 nitrogen and oxygen atoms in total. The molecule has 0 atom stereocenters. The van der Waals surface area contributed by atoms with E-state index in [-0.39, 0.29) is 5.69 Å². The van der Waals surface area contributed by atoms with Crippen LogP contribution in [0.15, 0.2) is 47.3 Å². The van der Waals surface area contributed by atoms with E-state index in [1.165, 1.54) is 5.56 Å². The Morgan fingerprint density at radius 2 is 2.05 bits per heavy atom. The maximum absolute atomic E-state index is 12.4. The highest BCUT2D eigenvalue weighted by Gasteiger charge is 2.18. The lowest BCUT2D eigenvalue weighted by molar-refractivity contribution is 0.357. The summed E-state index contributed by atoms with van der Waals surface area (Å²) < 4.78 is 7.35. The Bertz CT molecular complexity index is 914. The van der Waals surface area contributed by atoms with Crippen LogP contribution in [-0.2, 0) is 13.0 Å². The molecule has 2 aromatic carbocycles. The van der Waals surface area contributed by atoms with Crippen molar-refractivity contribution < 1.29 is 4.74 Å². The van der Waals surface area contributed by atoms with Gasteiger partial charge >= 0.3 is 5.69 Å². The van der Waals surface area contributed by atoms with Gasteiger partial charge < -0.3 is 4.74 Å². The molecule has 1 aliphatic heterocycles. The van der Waals surface area contributed by atoms with Crippen molar-refractivity contribution in [2.45, 2.75) is 19.9 Å². The summed E-state index contributed by atoms with van der Waals surface area (Å²) in [5.41, 5.74) is 3.58. The standard InChI is InChI=1S/C18H16N2O2/c1-2-20-15-11-16-13(8-9-22-16)10-14(15)17(19-18(20)21)12-6-4-3-5-7-12/h3-7,10-11H,2,8-9H2,1H3. The molecule has 0 N–H and O–H groups in total. The Morgan fingerprint density at radius 3 is 2.82 bits per heavy atom. The van der Waals surface area contributed by atoms with Crippen molar-refractivity contribution in [3.05, 3.63) is 58.5 Å². The second-order valence-corrected chi connectivity index (χ2v) is 5.43. The molecule has 0 bridgehead atoms. The summed E-state index contributed by atoms with van der Waals surface area (Å²) in [5, 5.41) is 1.01. The van der Waals surface area contributed by atoms with Crippen LogP contribution in [-0.4, -0.2) is 16.2 Å². The average Bonchev–Trinajstić information content (AvgIpc) is 3.00. The van der Waals surface area contributed by atoms with E-state index in [2.05, 4.69) is 11.1 Å². The minimum absolute atomic E-state index is 0.216. The molecule has 0 unspecified atom stereocenters. The van der Waals surface area contributed by atoms with E-state index in [0.29, 0.717) is 13.2 Å². The van der Waals surface area contributed by atoms with Gasteiger partial charge in [0.15, 0.2) is 0 Å². The lowest BCUT2D eigenvalue weighted by Gasteiger charge is -2.12. The average molecular weight is 292 g/mol. The molecule has 0 aliphatic carbocycles. The fourth-order valence-corrected chi connectivity index (χ4v) is 3.07. The van der Waals surface area contributed by atoms with E-state index in [0.717, 1.165) is 34.3 Å². The molecule has 0 fully saturated rings. The Balaban J connectivity index is 2.12. The van der Waals surface area contributed by atoms with Crippen molar-refractivity contribution in [1.82, 2.24) is 9.55 Å². The zero-order chi connectivity index (χ0) is 15.1.